The lowest BCUT2D eigenvalue weighted by Gasteiger charge is -2.28. The van der Waals surface area contributed by atoms with E-state index in [2.05, 4.69) is 41.5 Å². The first-order valence-electron chi connectivity index (χ1n) is 9.70. The van der Waals surface area contributed by atoms with E-state index in [1.807, 2.05) is 0 Å². The summed E-state index contributed by atoms with van der Waals surface area (Å²) in [6.45, 7) is 14.5. The first-order valence-corrected chi connectivity index (χ1v) is 9.70. The Bertz CT molecular complexity index is 279. The average Bonchev–Trinajstić information content (AvgIpc) is 3.08. The van der Waals surface area contributed by atoms with Gasteiger partial charge in [0.05, 0.1) is 17.8 Å². The summed E-state index contributed by atoms with van der Waals surface area (Å²) in [5.74, 6) is 1.56. The minimum Gasteiger partial charge on any atom is -0.375 e. The molecule has 2 aliphatic heterocycles. The summed E-state index contributed by atoms with van der Waals surface area (Å²) >= 11 is 0. The van der Waals surface area contributed by atoms with Gasteiger partial charge in [0.15, 0.2) is 0 Å². The second-order valence-corrected chi connectivity index (χ2v) is 8.08. The van der Waals surface area contributed by atoms with Crippen LogP contribution in [0.15, 0.2) is 0 Å². The normalized spacial score (nSPS) is 31.6. The van der Waals surface area contributed by atoms with Gasteiger partial charge in [0.2, 0.25) is 0 Å². The maximum Gasteiger partial charge on any atom is 0.0683 e. The van der Waals surface area contributed by atoms with Crippen molar-refractivity contribution in [2.24, 2.45) is 11.8 Å². The minimum atomic E-state index is 0.258. The Labute approximate surface area is 139 Å². The third-order valence-corrected chi connectivity index (χ3v) is 4.99. The molecule has 2 saturated heterocycles. The average molecular weight is 313 g/mol. The van der Waals surface area contributed by atoms with Gasteiger partial charge in [0.25, 0.3) is 0 Å². The van der Waals surface area contributed by atoms with Crippen LogP contribution >= 0.6 is 0 Å². The molecule has 3 atom stereocenters. The number of hydrogen-bond acceptors (Lipinski definition) is 2. The van der Waals surface area contributed by atoms with E-state index in [0.29, 0.717) is 12.2 Å². The Morgan fingerprint density at radius 3 is 2.09 bits per heavy atom. The van der Waals surface area contributed by atoms with Gasteiger partial charge in [-0.3, -0.25) is 0 Å². The topological polar surface area (TPSA) is 18.5 Å². The van der Waals surface area contributed by atoms with Crippen LogP contribution in [0.25, 0.3) is 0 Å². The molecule has 2 rings (SSSR count). The van der Waals surface area contributed by atoms with Crippen molar-refractivity contribution in [3.05, 3.63) is 0 Å². The van der Waals surface area contributed by atoms with Crippen LogP contribution in [0.4, 0.5) is 0 Å². The van der Waals surface area contributed by atoms with Gasteiger partial charge in [-0.05, 0) is 63.2 Å². The lowest BCUT2D eigenvalue weighted by molar-refractivity contribution is -0.0149. The zero-order chi connectivity index (χ0) is 16.6. The zero-order valence-corrected chi connectivity index (χ0v) is 16.0. The van der Waals surface area contributed by atoms with Crippen molar-refractivity contribution in [2.75, 3.05) is 6.61 Å². The Morgan fingerprint density at radius 2 is 1.68 bits per heavy atom. The van der Waals surface area contributed by atoms with E-state index in [4.69, 9.17) is 9.47 Å². The fraction of sp³-hybridized carbons (Fsp3) is 1.00. The van der Waals surface area contributed by atoms with Crippen molar-refractivity contribution in [3.63, 3.8) is 0 Å². The van der Waals surface area contributed by atoms with Crippen molar-refractivity contribution in [2.45, 2.75) is 111 Å². The van der Waals surface area contributed by atoms with Crippen molar-refractivity contribution in [1.29, 1.82) is 0 Å². The van der Waals surface area contributed by atoms with E-state index in [-0.39, 0.29) is 5.60 Å². The Hall–Kier alpha value is -0.0800. The summed E-state index contributed by atoms with van der Waals surface area (Å²) in [5.41, 5.74) is 0.258. The summed E-state index contributed by atoms with van der Waals surface area (Å²) in [5, 5.41) is 0. The number of rotatable bonds is 6. The predicted octanol–water partition coefficient (Wildman–Crippen LogP) is 5.98. The van der Waals surface area contributed by atoms with Crippen LogP contribution in [0.1, 0.15) is 92.9 Å². The minimum absolute atomic E-state index is 0.258. The highest BCUT2D eigenvalue weighted by molar-refractivity contribution is 4.84. The van der Waals surface area contributed by atoms with Crippen LogP contribution in [0.5, 0.6) is 0 Å². The Kier molecular flexibility index (Phi) is 9.01. The molecule has 0 aromatic rings. The van der Waals surface area contributed by atoms with Crippen LogP contribution in [0.2, 0.25) is 0 Å². The molecule has 132 valence electrons. The van der Waals surface area contributed by atoms with Gasteiger partial charge in [-0.2, -0.15) is 0 Å². The molecule has 0 saturated carbocycles. The summed E-state index contributed by atoms with van der Waals surface area (Å²) in [6.07, 6.45) is 11.1. The zero-order valence-electron chi connectivity index (χ0n) is 16.0. The van der Waals surface area contributed by atoms with E-state index in [9.17, 15) is 0 Å². The molecule has 0 spiro atoms. The van der Waals surface area contributed by atoms with Gasteiger partial charge in [-0.25, -0.2) is 0 Å². The molecular weight excluding hydrogens is 272 g/mol. The van der Waals surface area contributed by atoms with Gasteiger partial charge in [-0.1, -0.05) is 41.5 Å². The summed E-state index contributed by atoms with van der Waals surface area (Å²) in [4.78, 5) is 0. The van der Waals surface area contributed by atoms with Crippen LogP contribution in [0, 0.1) is 11.8 Å². The van der Waals surface area contributed by atoms with Crippen molar-refractivity contribution < 1.29 is 9.47 Å². The number of ether oxygens (including phenoxy) is 2. The van der Waals surface area contributed by atoms with Crippen LogP contribution < -0.4 is 0 Å². The van der Waals surface area contributed by atoms with E-state index < -0.39 is 0 Å². The Morgan fingerprint density at radius 1 is 1.00 bits per heavy atom. The molecule has 0 amide bonds. The molecule has 22 heavy (non-hydrogen) atoms. The lowest BCUT2D eigenvalue weighted by atomic mass is 9.87. The third kappa shape index (κ3) is 7.00. The molecule has 2 fully saturated rings. The van der Waals surface area contributed by atoms with Crippen LogP contribution in [0.3, 0.4) is 0 Å². The number of hydrogen-bond donors (Lipinski definition) is 0. The molecule has 0 bridgehead atoms. The molecule has 2 heterocycles. The fourth-order valence-corrected chi connectivity index (χ4v) is 3.86. The van der Waals surface area contributed by atoms with Crippen LogP contribution in [-0.4, -0.2) is 24.4 Å². The van der Waals surface area contributed by atoms with Crippen molar-refractivity contribution in [1.82, 2.24) is 0 Å². The lowest BCUT2D eigenvalue weighted by Crippen LogP contribution is -2.28. The summed E-state index contributed by atoms with van der Waals surface area (Å²) in [6, 6.07) is 0. The SMILES string of the molecule is CCC1(CC(C)C)CCCO1.CCC1CCC(CC(C)C)O1. The molecule has 0 radical (unpaired) electrons. The van der Waals surface area contributed by atoms with Gasteiger partial charge in [0, 0.05) is 6.61 Å². The van der Waals surface area contributed by atoms with Crippen molar-refractivity contribution in [3.8, 4) is 0 Å². The molecular formula is C20H40O2. The smallest absolute Gasteiger partial charge is 0.0683 e. The molecule has 3 unspecified atom stereocenters. The fourth-order valence-electron chi connectivity index (χ4n) is 3.86. The van der Waals surface area contributed by atoms with E-state index in [1.165, 1.54) is 51.4 Å². The first-order chi connectivity index (χ1) is 10.4. The monoisotopic (exact) mass is 312 g/mol. The first kappa shape index (κ1) is 20.0. The highest BCUT2D eigenvalue weighted by Crippen LogP contribution is 2.34. The molecule has 2 nitrogen and oxygen atoms in total. The van der Waals surface area contributed by atoms with E-state index >= 15 is 0 Å². The summed E-state index contributed by atoms with van der Waals surface area (Å²) < 4.78 is 11.6. The third-order valence-electron chi connectivity index (χ3n) is 4.99. The molecule has 0 N–H and O–H groups in total. The molecule has 2 aliphatic rings. The van der Waals surface area contributed by atoms with Crippen molar-refractivity contribution >= 4 is 0 Å². The quantitative estimate of drug-likeness (QED) is 0.600. The molecule has 0 aromatic carbocycles. The van der Waals surface area contributed by atoms with Gasteiger partial charge in [0.1, 0.15) is 0 Å². The molecule has 0 aromatic heterocycles. The largest absolute Gasteiger partial charge is 0.375 e. The van der Waals surface area contributed by atoms with Crippen LogP contribution in [-0.2, 0) is 9.47 Å². The Balaban J connectivity index is 0.000000220. The van der Waals surface area contributed by atoms with Gasteiger partial charge in [-0.15, -0.1) is 0 Å². The second kappa shape index (κ2) is 9.93. The standard InChI is InChI=1S/2C10H20O/c1-4-9-5-6-10(11-9)7-8(2)3;1-4-10(8-9(2)3)6-5-7-11-10/h8-10H,4-7H2,1-3H3;9H,4-8H2,1-3H3. The summed E-state index contributed by atoms with van der Waals surface area (Å²) in [7, 11) is 0. The highest BCUT2D eigenvalue weighted by Gasteiger charge is 2.33. The van der Waals surface area contributed by atoms with E-state index in [0.717, 1.165) is 18.4 Å². The van der Waals surface area contributed by atoms with Gasteiger partial charge >= 0.3 is 0 Å². The second-order valence-electron chi connectivity index (χ2n) is 8.08. The highest BCUT2D eigenvalue weighted by atomic mass is 16.5. The predicted molar refractivity (Wildman–Crippen MR) is 95.3 cm³/mol. The molecule has 2 heteroatoms. The maximum absolute atomic E-state index is 5.82. The molecule has 0 aliphatic carbocycles. The van der Waals surface area contributed by atoms with Gasteiger partial charge < -0.3 is 9.47 Å². The van der Waals surface area contributed by atoms with E-state index in [1.54, 1.807) is 0 Å². The maximum atomic E-state index is 5.82.